The Hall–Kier alpha value is -0.560. The van der Waals surface area contributed by atoms with Gasteiger partial charge in [0.15, 0.2) is 0 Å². The van der Waals surface area contributed by atoms with Gasteiger partial charge in [-0.2, -0.15) is 0 Å². The summed E-state index contributed by atoms with van der Waals surface area (Å²) in [6, 6.07) is 0. The van der Waals surface area contributed by atoms with Crippen LogP contribution in [0.4, 0.5) is 0 Å². The molecule has 0 aliphatic heterocycles. The maximum absolute atomic E-state index is 10.9. The lowest BCUT2D eigenvalue weighted by atomic mass is 9.34. The SMILES string of the molecule is CC1(C)C=C[C@]2(C)CC[C@]3(C)C(=CC[C@@H]4[C@@]5(C)CC[C@H](O)C(C)(C)[C@@H]5CC[C@]43C)[C@@H]2C1. The van der Waals surface area contributed by atoms with E-state index in [4.69, 9.17) is 0 Å². The highest BCUT2D eigenvalue weighted by Crippen LogP contribution is 2.75. The standard InChI is InChI=1S/C30H48O/c1-25(2)15-16-27(5)17-18-29(7)20(21(27)19-25)9-10-23-28(6)13-12-24(31)26(3,4)22(28)11-14-30(23,29)8/h9,15-16,21-24,31H,10-14,17-19H2,1-8H3/t21-,22-,23+,24-,27+,28-,29+,30+/m0/s1. The molecule has 1 heteroatoms. The molecule has 0 amide bonds. The lowest BCUT2D eigenvalue weighted by Gasteiger charge is -2.71. The molecule has 0 bridgehead atoms. The molecular formula is C30H48O. The van der Waals surface area contributed by atoms with E-state index in [9.17, 15) is 5.11 Å². The Bertz CT molecular complexity index is 831. The van der Waals surface area contributed by atoms with E-state index in [1.165, 1.54) is 44.9 Å². The van der Waals surface area contributed by atoms with E-state index < -0.39 is 0 Å². The lowest BCUT2D eigenvalue weighted by molar-refractivity contribution is -0.200. The van der Waals surface area contributed by atoms with E-state index in [0.717, 1.165) is 12.3 Å². The van der Waals surface area contributed by atoms with Crippen molar-refractivity contribution in [1.29, 1.82) is 0 Å². The quantitative estimate of drug-likeness (QED) is 0.391. The fraction of sp³-hybridized carbons (Fsp3) is 0.867. The van der Waals surface area contributed by atoms with Crippen LogP contribution < -0.4 is 0 Å². The second kappa shape index (κ2) is 6.31. The maximum Gasteiger partial charge on any atom is 0.0594 e. The third-order valence-corrected chi connectivity index (χ3v) is 12.5. The Labute approximate surface area is 192 Å². The van der Waals surface area contributed by atoms with E-state index in [0.29, 0.717) is 38.9 Å². The molecule has 0 spiro atoms. The minimum atomic E-state index is -0.133. The Morgan fingerprint density at radius 3 is 2.23 bits per heavy atom. The molecule has 3 saturated carbocycles. The van der Waals surface area contributed by atoms with Gasteiger partial charge in [0.1, 0.15) is 0 Å². The number of allylic oxidation sites excluding steroid dienone is 4. The first-order valence-corrected chi connectivity index (χ1v) is 13.3. The summed E-state index contributed by atoms with van der Waals surface area (Å²) >= 11 is 0. The predicted octanol–water partition coefficient (Wildman–Crippen LogP) is 7.94. The van der Waals surface area contributed by atoms with Crippen LogP contribution >= 0.6 is 0 Å². The molecule has 0 aromatic heterocycles. The molecule has 5 rings (SSSR count). The van der Waals surface area contributed by atoms with Crippen LogP contribution in [0.3, 0.4) is 0 Å². The van der Waals surface area contributed by atoms with Crippen molar-refractivity contribution in [3.05, 3.63) is 23.8 Å². The largest absolute Gasteiger partial charge is 0.393 e. The zero-order chi connectivity index (χ0) is 22.7. The zero-order valence-corrected chi connectivity index (χ0v) is 21.6. The molecule has 1 nitrogen and oxygen atoms in total. The summed E-state index contributed by atoms with van der Waals surface area (Å²) < 4.78 is 0. The molecule has 31 heavy (non-hydrogen) atoms. The maximum atomic E-state index is 10.9. The highest BCUT2D eigenvalue weighted by molar-refractivity contribution is 5.35. The third kappa shape index (κ3) is 2.71. The summed E-state index contributed by atoms with van der Waals surface area (Å²) in [5.41, 5.74) is 3.60. The van der Waals surface area contributed by atoms with E-state index in [1.807, 2.05) is 5.57 Å². The Kier molecular flexibility index (Phi) is 4.53. The lowest BCUT2D eigenvalue weighted by Crippen LogP contribution is -2.64. The number of rotatable bonds is 0. The highest BCUT2D eigenvalue weighted by atomic mass is 16.3. The molecule has 3 fully saturated rings. The van der Waals surface area contributed by atoms with E-state index >= 15 is 0 Å². The van der Waals surface area contributed by atoms with Gasteiger partial charge in [-0.05, 0) is 102 Å². The molecule has 174 valence electrons. The van der Waals surface area contributed by atoms with Gasteiger partial charge in [-0.3, -0.25) is 0 Å². The number of aliphatic hydroxyl groups excluding tert-OH is 1. The molecule has 0 heterocycles. The monoisotopic (exact) mass is 424 g/mol. The first-order valence-electron chi connectivity index (χ1n) is 13.3. The van der Waals surface area contributed by atoms with E-state index in [1.54, 1.807) is 0 Å². The number of hydrogen-bond donors (Lipinski definition) is 1. The third-order valence-electron chi connectivity index (χ3n) is 12.5. The van der Waals surface area contributed by atoms with Crippen molar-refractivity contribution in [2.24, 2.45) is 50.2 Å². The van der Waals surface area contributed by atoms with Crippen LogP contribution in [-0.4, -0.2) is 11.2 Å². The van der Waals surface area contributed by atoms with Crippen LogP contribution in [0.2, 0.25) is 0 Å². The highest BCUT2D eigenvalue weighted by Gasteiger charge is 2.67. The van der Waals surface area contributed by atoms with Gasteiger partial charge in [0.2, 0.25) is 0 Å². The van der Waals surface area contributed by atoms with Crippen LogP contribution in [0.15, 0.2) is 23.8 Å². The van der Waals surface area contributed by atoms with E-state index in [-0.39, 0.29) is 11.5 Å². The summed E-state index contributed by atoms with van der Waals surface area (Å²) in [6.07, 6.45) is 17.8. The molecule has 5 aliphatic carbocycles. The number of fused-ring (bicyclic) bond motifs is 7. The molecule has 0 aromatic carbocycles. The second-order valence-corrected chi connectivity index (χ2v) is 14.8. The van der Waals surface area contributed by atoms with Crippen LogP contribution in [-0.2, 0) is 0 Å². The normalized spacial score (nSPS) is 54.7. The van der Waals surface area contributed by atoms with Crippen molar-refractivity contribution in [2.75, 3.05) is 0 Å². The van der Waals surface area contributed by atoms with Gasteiger partial charge in [0, 0.05) is 0 Å². The predicted molar refractivity (Wildman–Crippen MR) is 131 cm³/mol. The van der Waals surface area contributed by atoms with Gasteiger partial charge in [-0.25, -0.2) is 0 Å². The van der Waals surface area contributed by atoms with Crippen molar-refractivity contribution in [1.82, 2.24) is 0 Å². The average Bonchev–Trinajstić information content (AvgIpc) is 2.67. The molecular weight excluding hydrogens is 376 g/mol. The Balaban J connectivity index is 1.59. The molecule has 5 aliphatic rings. The van der Waals surface area contributed by atoms with Gasteiger partial charge in [-0.15, -0.1) is 0 Å². The smallest absolute Gasteiger partial charge is 0.0594 e. The molecule has 0 aromatic rings. The summed E-state index contributed by atoms with van der Waals surface area (Å²) in [6.45, 7) is 20.1. The van der Waals surface area contributed by atoms with Gasteiger partial charge < -0.3 is 5.11 Å². The summed E-state index contributed by atoms with van der Waals surface area (Å²) in [7, 11) is 0. The summed E-state index contributed by atoms with van der Waals surface area (Å²) in [5.74, 6) is 2.10. The van der Waals surface area contributed by atoms with Gasteiger partial charge >= 0.3 is 0 Å². The molecule has 8 atom stereocenters. The summed E-state index contributed by atoms with van der Waals surface area (Å²) in [4.78, 5) is 0. The molecule has 0 radical (unpaired) electrons. The number of hydrogen-bond acceptors (Lipinski definition) is 1. The number of aliphatic hydroxyl groups is 1. The second-order valence-electron chi connectivity index (χ2n) is 14.8. The van der Waals surface area contributed by atoms with E-state index in [2.05, 4.69) is 73.6 Å². The van der Waals surface area contributed by atoms with Crippen LogP contribution in [0, 0.1) is 50.2 Å². The minimum Gasteiger partial charge on any atom is -0.393 e. The minimum absolute atomic E-state index is 0.0442. The summed E-state index contributed by atoms with van der Waals surface area (Å²) in [5, 5.41) is 10.9. The average molecular weight is 425 g/mol. The first kappa shape index (κ1) is 22.2. The van der Waals surface area contributed by atoms with Gasteiger partial charge in [-0.1, -0.05) is 79.2 Å². The van der Waals surface area contributed by atoms with Crippen molar-refractivity contribution in [2.45, 2.75) is 113 Å². The van der Waals surface area contributed by atoms with Crippen LogP contribution in [0.1, 0.15) is 107 Å². The molecule has 0 unspecified atom stereocenters. The topological polar surface area (TPSA) is 20.2 Å². The van der Waals surface area contributed by atoms with Crippen LogP contribution in [0.25, 0.3) is 0 Å². The zero-order valence-electron chi connectivity index (χ0n) is 21.6. The fourth-order valence-electron chi connectivity index (χ4n) is 10.1. The molecule has 1 N–H and O–H groups in total. The Morgan fingerprint density at radius 1 is 0.806 bits per heavy atom. The van der Waals surface area contributed by atoms with Crippen molar-refractivity contribution < 1.29 is 5.11 Å². The van der Waals surface area contributed by atoms with Gasteiger partial charge in [0.05, 0.1) is 6.10 Å². The Morgan fingerprint density at radius 2 is 1.52 bits per heavy atom. The fourth-order valence-corrected chi connectivity index (χ4v) is 10.1. The first-order chi connectivity index (χ1) is 14.2. The van der Waals surface area contributed by atoms with Crippen molar-refractivity contribution in [3.63, 3.8) is 0 Å². The van der Waals surface area contributed by atoms with Gasteiger partial charge in [0.25, 0.3) is 0 Å². The van der Waals surface area contributed by atoms with Crippen LogP contribution in [0.5, 0.6) is 0 Å². The molecule has 0 saturated heterocycles. The van der Waals surface area contributed by atoms with Crippen molar-refractivity contribution >= 4 is 0 Å². The van der Waals surface area contributed by atoms with Crippen molar-refractivity contribution in [3.8, 4) is 0 Å².